The Kier molecular flexibility index (Phi) is 4.61. The van der Waals surface area contributed by atoms with Gasteiger partial charge in [-0.05, 0) is 49.9 Å². The standard InChI is InChI=1S/C15H24N2O/c1-12-3-4-14(9-15(12)16)11-17(2)10-13-5-7-18-8-6-13/h3-4,9,13H,5-8,10-11,16H2,1-2H3. The van der Waals surface area contributed by atoms with Gasteiger partial charge in [-0.25, -0.2) is 0 Å². The van der Waals surface area contributed by atoms with Crippen LogP contribution in [0, 0.1) is 12.8 Å². The largest absolute Gasteiger partial charge is 0.399 e. The molecule has 0 aliphatic carbocycles. The molecular weight excluding hydrogens is 224 g/mol. The first kappa shape index (κ1) is 13.4. The molecule has 2 rings (SSSR count). The van der Waals surface area contributed by atoms with Crippen LogP contribution in [-0.4, -0.2) is 31.7 Å². The topological polar surface area (TPSA) is 38.5 Å². The van der Waals surface area contributed by atoms with E-state index < -0.39 is 0 Å². The van der Waals surface area contributed by atoms with Crippen LogP contribution in [-0.2, 0) is 11.3 Å². The minimum absolute atomic E-state index is 0.784. The maximum atomic E-state index is 5.95. The number of nitrogens with two attached hydrogens (primary N) is 1. The fourth-order valence-corrected chi connectivity index (χ4v) is 2.53. The van der Waals surface area contributed by atoms with Crippen LogP contribution in [0.2, 0.25) is 0 Å². The van der Waals surface area contributed by atoms with E-state index in [0.29, 0.717) is 0 Å². The van der Waals surface area contributed by atoms with Crippen molar-refractivity contribution in [2.45, 2.75) is 26.3 Å². The molecule has 1 aromatic rings. The van der Waals surface area contributed by atoms with E-state index in [-0.39, 0.29) is 0 Å². The van der Waals surface area contributed by atoms with Crippen molar-refractivity contribution < 1.29 is 4.74 Å². The monoisotopic (exact) mass is 248 g/mol. The van der Waals surface area contributed by atoms with Crippen LogP contribution < -0.4 is 5.73 Å². The van der Waals surface area contributed by atoms with Gasteiger partial charge in [0.2, 0.25) is 0 Å². The molecule has 3 nitrogen and oxygen atoms in total. The normalized spacial score (nSPS) is 17.3. The minimum atomic E-state index is 0.784. The third kappa shape index (κ3) is 3.72. The lowest BCUT2D eigenvalue weighted by Crippen LogP contribution is -2.29. The van der Waals surface area contributed by atoms with Crippen LogP contribution in [0.4, 0.5) is 5.69 Å². The van der Waals surface area contributed by atoms with Gasteiger partial charge in [0, 0.05) is 32.0 Å². The average Bonchev–Trinajstić information content (AvgIpc) is 2.35. The highest BCUT2D eigenvalue weighted by atomic mass is 16.5. The molecule has 0 amide bonds. The van der Waals surface area contributed by atoms with Gasteiger partial charge in [0.1, 0.15) is 0 Å². The van der Waals surface area contributed by atoms with Gasteiger partial charge in [-0.1, -0.05) is 12.1 Å². The number of hydrogen-bond donors (Lipinski definition) is 1. The van der Waals surface area contributed by atoms with Crippen molar-refractivity contribution in [2.75, 3.05) is 32.5 Å². The average molecular weight is 248 g/mol. The SMILES string of the molecule is Cc1ccc(CN(C)CC2CCOCC2)cc1N. The Balaban J connectivity index is 1.85. The second kappa shape index (κ2) is 6.21. The molecule has 2 N–H and O–H groups in total. The van der Waals surface area contributed by atoms with E-state index >= 15 is 0 Å². The summed E-state index contributed by atoms with van der Waals surface area (Å²) in [5, 5.41) is 0. The lowest BCUT2D eigenvalue weighted by atomic mass is 9.99. The zero-order chi connectivity index (χ0) is 13.0. The van der Waals surface area contributed by atoms with Crippen LogP contribution in [0.1, 0.15) is 24.0 Å². The van der Waals surface area contributed by atoms with Gasteiger partial charge in [-0.2, -0.15) is 0 Å². The number of rotatable bonds is 4. The van der Waals surface area contributed by atoms with Gasteiger partial charge in [0.25, 0.3) is 0 Å². The molecule has 18 heavy (non-hydrogen) atoms. The molecule has 0 unspecified atom stereocenters. The van der Waals surface area contributed by atoms with E-state index in [1.807, 2.05) is 6.92 Å². The number of hydrogen-bond acceptors (Lipinski definition) is 3. The summed E-state index contributed by atoms with van der Waals surface area (Å²) in [5.74, 6) is 0.784. The summed E-state index contributed by atoms with van der Waals surface area (Å²) in [6, 6.07) is 6.37. The summed E-state index contributed by atoms with van der Waals surface area (Å²) in [5.41, 5.74) is 9.30. The second-order valence-corrected chi connectivity index (χ2v) is 5.44. The predicted octanol–water partition coefficient (Wildman–Crippen LogP) is 2.44. The molecule has 0 spiro atoms. The zero-order valence-electron chi connectivity index (χ0n) is 11.5. The maximum Gasteiger partial charge on any atom is 0.0469 e. The second-order valence-electron chi connectivity index (χ2n) is 5.44. The molecule has 1 aliphatic heterocycles. The number of nitrogens with zero attached hydrogens (tertiary/aromatic N) is 1. The van der Waals surface area contributed by atoms with Crippen LogP contribution in [0.25, 0.3) is 0 Å². The van der Waals surface area contributed by atoms with E-state index in [9.17, 15) is 0 Å². The fourth-order valence-electron chi connectivity index (χ4n) is 2.53. The van der Waals surface area contributed by atoms with Crippen LogP contribution in [0.5, 0.6) is 0 Å². The quantitative estimate of drug-likeness (QED) is 0.832. The van der Waals surface area contributed by atoms with Crippen molar-refractivity contribution in [2.24, 2.45) is 5.92 Å². The van der Waals surface area contributed by atoms with Crippen LogP contribution in [0.3, 0.4) is 0 Å². The summed E-state index contributed by atoms with van der Waals surface area (Å²) >= 11 is 0. The Morgan fingerprint density at radius 2 is 2.06 bits per heavy atom. The molecular formula is C15H24N2O. The van der Waals surface area contributed by atoms with E-state index in [1.54, 1.807) is 0 Å². The summed E-state index contributed by atoms with van der Waals surface area (Å²) in [6.45, 7) is 6.02. The fraction of sp³-hybridized carbons (Fsp3) is 0.600. The first-order valence-electron chi connectivity index (χ1n) is 6.76. The molecule has 1 aromatic carbocycles. The summed E-state index contributed by atoms with van der Waals surface area (Å²) < 4.78 is 5.39. The van der Waals surface area contributed by atoms with Gasteiger partial charge >= 0.3 is 0 Å². The number of nitrogen functional groups attached to an aromatic ring is 1. The van der Waals surface area contributed by atoms with Crippen molar-refractivity contribution in [3.63, 3.8) is 0 Å². The molecule has 0 aromatic heterocycles. The maximum absolute atomic E-state index is 5.95. The minimum Gasteiger partial charge on any atom is -0.399 e. The van der Waals surface area contributed by atoms with Gasteiger partial charge in [0.05, 0.1) is 0 Å². The Bertz CT molecular complexity index is 386. The third-order valence-electron chi connectivity index (χ3n) is 3.71. The van der Waals surface area contributed by atoms with E-state index in [0.717, 1.165) is 43.5 Å². The first-order valence-corrected chi connectivity index (χ1v) is 6.76. The van der Waals surface area contributed by atoms with Gasteiger partial charge in [-0.3, -0.25) is 0 Å². The molecule has 1 heterocycles. The smallest absolute Gasteiger partial charge is 0.0469 e. The van der Waals surface area contributed by atoms with Crippen molar-refractivity contribution in [1.82, 2.24) is 4.90 Å². The Morgan fingerprint density at radius 3 is 2.72 bits per heavy atom. The third-order valence-corrected chi connectivity index (χ3v) is 3.71. The molecule has 1 fully saturated rings. The molecule has 0 bridgehead atoms. The molecule has 0 radical (unpaired) electrons. The summed E-state index contributed by atoms with van der Waals surface area (Å²) in [4.78, 5) is 2.39. The zero-order valence-corrected chi connectivity index (χ0v) is 11.5. The van der Waals surface area contributed by atoms with E-state index in [1.165, 1.54) is 18.4 Å². The molecule has 0 saturated carbocycles. The molecule has 1 aliphatic rings. The highest BCUT2D eigenvalue weighted by Crippen LogP contribution is 2.18. The number of benzene rings is 1. The first-order chi connectivity index (χ1) is 8.65. The van der Waals surface area contributed by atoms with Crippen molar-refractivity contribution in [3.8, 4) is 0 Å². The van der Waals surface area contributed by atoms with Crippen LogP contribution >= 0.6 is 0 Å². The Labute approximate surface area is 110 Å². The van der Waals surface area contributed by atoms with Gasteiger partial charge in [0.15, 0.2) is 0 Å². The lowest BCUT2D eigenvalue weighted by molar-refractivity contribution is 0.0549. The van der Waals surface area contributed by atoms with Crippen molar-refractivity contribution in [3.05, 3.63) is 29.3 Å². The van der Waals surface area contributed by atoms with Gasteiger partial charge < -0.3 is 15.4 Å². The highest BCUT2D eigenvalue weighted by molar-refractivity contribution is 5.48. The molecule has 3 heteroatoms. The number of aryl methyl sites for hydroxylation is 1. The highest BCUT2D eigenvalue weighted by Gasteiger charge is 2.15. The Morgan fingerprint density at radius 1 is 1.33 bits per heavy atom. The summed E-state index contributed by atoms with van der Waals surface area (Å²) in [6.07, 6.45) is 2.39. The summed E-state index contributed by atoms with van der Waals surface area (Å²) in [7, 11) is 2.19. The number of ether oxygens (including phenoxy) is 1. The molecule has 1 saturated heterocycles. The van der Waals surface area contributed by atoms with E-state index in [2.05, 4.69) is 30.1 Å². The predicted molar refractivity (Wildman–Crippen MR) is 75.5 cm³/mol. The van der Waals surface area contributed by atoms with Crippen molar-refractivity contribution in [1.29, 1.82) is 0 Å². The lowest BCUT2D eigenvalue weighted by Gasteiger charge is -2.27. The number of anilines is 1. The van der Waals surface area contributed by atoms with Gasteiger partial charge in [-0.15, -0.1) is 0 Å². The van der Waals surface area contributed by atoms with E-state index in [4.69, 9.17) is 10.5 Å². The van der Waals surface area contributed by atoms with Crippen LogP contribution in [0.15, 0.2) is 18.2 Å². The van der Waals surface area contributed by atoms with Crippen molar-refractivity contribution >= 4 is 5.69 Å². The molecule has 0 atom stereocenters. The molecule has 100 valence electrons. The Hall–Kier alpha value is -1.06.